The van der Waals surface area contributed by atoms with Gasteiger partial charge in [-0.05, 0) is 36.2 Å². The highest BCUT2D eigenvalue weighted by molar-refractivity contribution is 7.98. The fourth-order valence-corrected chi connectivity index (χ4v) is 2.69. The van der Waals surface area contributed by atoms with Crippen molar-refractivity contribution in [1.29, 1.82) is 0 Å². The van der Waals surface area contributed by atoms with Crippen LogP contribution in [-0.2, 0) is 10.5 Å². The standard InChI is InChI=1S/C16H16O3S/c1-11(16(18)19)13-7-5-12(6-8-13)10-20-15-4-2-3-14(17)9-15/h2-9,11,17H,10H2,1H3,(H,18,19). The molecule has 0 amide bonds. The zero-order chi connectivity index (χ0) is 14.5. The minimum absolute atomic E-state index is 0.264. The molecule has 0 aliphatic carbocycles. The number of hydrogen-bond donors (Lipinski definition) is 2. The topological polar surface area (TPSA) is 57.5 Å². The molecule has 20 heavy (non-hydrogen) atoms. The van der Waals surface area contributed by atoms with E-state index in [0.29, 0.717) is 0 Å². The number of carbonyl (C=O) groups is 1. The Hall–Kier alpha value is -1.94. The zero-order valence-corrected chi connectivity index (χ0v) is 11.9. The van der Waals surface area contributed by atoms with Crippen molar-refractivity contribution < 1.29 is 15.0 Å². The van der Waals surface area contributed by atoms with Gasteiger partial charge in [-0.2, -0.15) is 0 Å². The molecule has 0 spiro atoms. The molecular weight excluding hydrogens is 272 g/mol. The van der Waals surface area contributed by atoms with Crippen LogP contribution < -0.4 is 0 Å². The fourth-order valence-electron chi connectivity index (χ4n) is 1.79. The monoisotopic (exact) mass is 288 g/mol. The second kappa shape index (κ2) is 6.48. The van der Waals surface area contributed by atoms with Crippen molar-refractivity contribution in [2.75, 3.05) is 0 Å². The quantitative estimate of drug-likeness (QED) is 0.820. The molecule has 0 radical (unpaired) electrons. The first kappa shape index (κ1) is 14.5. The second-order valence-corrected chi connectivity index (χ2v) is 5.64. The van der Waals surface area contributed by atoms with Gasteiger partial charge in [0.15, 0.2) is 0 Å². The number of hydrogen-bond acceptors (Lipinski definition) is 3. The van der Waals surface area contributed by atoms with Crippen molar-refractivity contribution in [1.82, 2.24) is 0 Å². The molecule has 0 saturated heterocycles. The Balaban J connectivity index is 1.99. The van der Waals surface area contributed by atoms with E-state index in [4.69, 9.17) is 5.11 Å². The minimum Gasteiger partial charge on any atom is -0.508 e. The highest BCUT2D eigenvalue weighted by atomic mass is 32.2. The van der Waals surface area contributed by atoms with Gasteiger partial charge in [-0.1, -0.05) is 30.3 Å². The van der Waals surface area contributed by atoms with Crippen molar-refractivity contribution in [2.45, 2.75) is 23.5 Å². The highest BCUT2D eigenvalue weighted by Crippen LogP contribution is 2.26. The van der Waals surface area contributed by atoms with E-state index in [1.807, 2.05) is 36.4 Å². The molecular formula is C16H16O3S. The predicted molar refractivity (Wildman–Crippen MR) is 80.2 cm³/mol. The van der Waals surface area contributed by atoms with Crippen molar-refractivity contribution in [3.8, 4) is 5.75 Å². The molecule has 1 unspecified atom stereocenters. The van der Waals surface area contributed by atoms with E-state index < -0.39 is 11.9 Å². The van der Waals surface area contributed by atoms with E-state index in [2.05, 4.69) is 0 Å². The summed E-state index contributed by atoms with van der Waals surface area (Å²) in [6.07, 6.45) is 0. The van der Waals surface area contributed by atoms with Gasteiger partial charge in [0, 0.05) is 10.6 Å². The molecule has 0 fully saturated rings. The van der Waals surface area contributed by atoms with Gasteiger partial charge >= 0.3 is 5.97 Å². The summed E-state index contributed by atoms with van der Waals surface area (Å²) in [5, 5.41) is 18.3. The van der Waals surface area contributed by atoms with Crippen LogP contribution in [0, 0.1) is 0 Å². The number of rotatable bonds is 5. The van der Waals surface area contributed by atoms with Crippen molar-refractivity contribution in [3.63, 3.8) is 0 Å². The van der Waals surface area contributed by atoms with Crippen molar-refractivity contribution >= 4 is 17.7 Å². The van der Waals surface area contributed by atoms with E-state index >= 15 is 0 Å². The summed E-state index contributed by atoms with van der Waals surface area (Å²) in [5.74, 6) is -0.249. The van der Waals surface area contributed by atoms with Crippen molar-refractivity contribution in [2.24, 2.45) is 0 Å². The summed E-state index contributed by atoms with van der Waals surface area (Å²) in [4.78, 5) is 11.9. The van der Waals surface area contributed by atoms with Crippen LogP contribution in [0.4, 0.5) is 0 Å². The van der Waals surface area contributed by atoms with Crippen LogP contribution in [-0.4, -0.2) is 16.2 Å². The lowest BCUT2D eigenvalue weighted by atomic mass is 10.0. The van der Waals surface area contributed by atoms with E-state index in [1.54, 1.807) is 30.8 Å². The molecule has 0 bridgehead atoms. The maximum atomic E-state index is 10.9. The summed E-state index contributed by atoms with van der Waals surface area (Å²) < 4.78 is 0. The van der Waals surface area contributed by atoms with Crippen molar-refractivity contribution in [3.05, 3.63) is 59.7 Å². The first-order valence-electron chi connectivity index (χ1n) is 6.30. The number of benzene rings is 2. The lowest BCUT2D eigenvalue weighted by Crippen LogP contribution is -2.07. The zero-order valence-electron chi connectivity index (χ0n) is 11.1. The third-order valence-corrected chi connectivity index (χ3v) is 4.14. The minimum atomic E-state index is -0.813. The molecule has 2 aromatic carbocycles. The van der Waals surface area contributed by atoms with E-state index in [1.165, 1.54) is 0 Å². The summed E-state index contributed by atoms with van der Waals surface area (Å²) in [7, 11) is 0. The summed E-state index contributed by atoms with van der Waals surface area (Å²) in [6, 6.07) is 14.8. The third-order valence-electron chi connectivity index (χ3n) is 3.07. The first-order chi connectivity index (χ1) is 9.56. The number of thioether (sulfide) groups is 1. The number of carboxylic acid groups (broad SMARTS) is 1. The van der Waals surface area contributed by atoms with Crippen LogP contribution in [0.25, 0.3) is 0 Å². The van der Waals surface area contributed by atoms with Gasteiger partial charge in [0.1, 0.15) is 5.75 Å². The molecule has 2 N–H and O–H groups in total. The van der Waals surface area contributed by atoms with Gasteiger partial charge in [0.25, 0.3) is 0 Å². The van der Waals surface area contributed by atoms with Crippen LogP contribution in [0.1, 0.15) is 24.0 Å². The van der Waals surface area contributed by atoms with Gasteiger partial charge in [-0.3, -0.25) is 4.79 Å². The largest absolute Gasteiger partial charge is 0.508 e. The Morgan fingerprint density at radius 2 is 1.90 bits per heavy atom. The smallest absolute Gasteiger partial charge is 0.310 e. The summed E-state index contributed by atoms with van der Waals surface area (Å²) >= 11 is 1.63. The van der Waals surface area contributed by atoms with Gasteiger partial charge in [-0.25, -0.2) is 0 Å². The average molecular weight is 288 g/mol. The molecule has 0 aromatic heterocycles. The maximum Gasteiger partial charge on any atom is 0.310 e. The average Bonchev–Trinajstić information content (AvgIpc) is 2.45. The van der Waals surface area contributed by atoms with Crippen LogP contribution in [0.2, 0.25) is 0 Å². The Kier molecular flexibility index (Phi) is 4.69. The summed E-state index contributed by atoms with van der Waals surface area (Å²) in [5.41, 5.74) is 1.93. The fraction of sp³-hybridized carbons (Fsp3) is 0.188. The number of aromatic hydroxyl groups is 1. The molecule has 2 rings (SSSR count). The first-order valence-corrected chi connectivity index (χ1v) is 7.28. The Labute approximate surface area is 122 Å². The Bertz CT molecular complexity index is 593. The molecule has 0 heterocycles. The molecule has 4 heteroatoms. The normalized spacial score (nSPS) is 12.1. The van der Waals surface area contributed by atoms with E-state index in [0.717, 1.165) is 21.8 Å². The van der Waals surface area contributed by atoms with Crippen LogP contribution in [0.15, 0.2) is 53.4 Å². The van der Waals surface area contributed by atoms with Gasteiger partial charge in [-0.15, -0.1) is 11.8 Å². The SMILES string of the molecule is CC(C(=O)O)c1ccc(CSc2cccc(O)c2)cc1. The number of carboxylic acids is 1. The molecule has 0 aliphatic heterocycles. The van der Waals surface area contributed by atoms with Crippen LogP contribution in [0.3, 0.4) is 0 Å². The van der Waals surface area contributed by atoms with Gasteiger partial charge in [0.05, 0.1) is 5.92 Å². The van der Waals surface area contributed by atoms with Gasteiger partial charge in [0.2, 0.25) is 0 Å². The summed E-state index contributed by atoms with van der Waals surface area (Å²) in [6.45, 7) is 1.68. The number of phenols is 1. The molecule has 104 valence electrons. The van der Waals surface area contributed by atoms with Gasteiger partial charge < -0.3 is 10.2 Å². The Morgan fingerprint density at radius 1 is 1.20 bits per heavy atom. The lowest BCUT2D eigenvalue weighted by molar-refractivity contribution is -0.138. The predicted octanol–water partition coefficient (Wildman–Crippen LogP) is 3.87. The Morgan fingerprint density at radius 3 is 2.50 bits per heavy atom. The molecule has 0 saturated carbocycles. The molecule has 2 aromatic rings. The lowest BCUT2D eigenvalue weighted by Gasteiger charge is -2.08. The third kappa shape index (κ3) is 3.78. The maximum absolute atomic E-state index is 10.9. The highest BCUT2D eigenvalue weighted by Gasteiger charge is 2.12. The van der Waals surface area contributed by atoms with Crippen LogP contribution in [0.5, 0.6) is 5.75 Å². The van der Waals surface area contributed by atoms with E-state index in [9.17, 15) is 9.90 Å². The van der Waals surface area contributed by atoms with Crippen LogP contribution >= 0.6 is 11.8 Å². The molecule has 0 aliphatic rings. The van der Waals surface area contributed by atoms with E-state index in [-0.39, 0.29) is 5.75 Å². The molecule has 1 atom stereocenters. The molecule has 3 nitrogen and oxygen atoms in total. The second-order valence-electron chi connectivity index (χ2n) is 4.59. The number of phenolic OH excluding ortho intramolecular Hbond substituents is 1. The number of aliphatic carboxylic acids is 1.